The van der Waals surface area contributed by atoms with Crippen LogP contribution in [0.25, 0.3) is 0 Å². The smallest absolute Gasteiger partial charge is 0.457 e. The molecule has 0 saturated carbocycles. The molecule has 0 aliphatic heterocycles. The van der Waals surface area contributed by atoms with E-state index in [0.29, 0.717) is 6.61 Å². The lowest BCUT2D eigenvalue weighted by Gasteiger charge is -2.20. The maximum absolute atomic E-state index is 12.7. The second kappa shape index (κ2) is 48.4. The highest BCUT2D eigenvalue weighted by Crippen LogP contribution is 2.43. The third-order valence-corrected chi connectivity index (χ3v) is 12.3. The number of hydrogen-bond donors (Lipinski definition) is 3. The first-order chi connectivity index (χ1) is 29.8. The Morgan fingerprint density at radius 1 is 0.508 bits per heavy atom. The van der Waals surface area contributed by atoms with Gasteiger partial charge in [-0.15, -0.1) is 0 Å². The normalized spacial score (nSPS) is 14.0. The van der Waals surface area contributed by atoms with Crippen molar-refractivity contribution in [2.24, 2.45) is 0 Å². The van der Waals surface area contributed by atoms with Gasteiger partial charge in [-0.25, -0.2) is 4.57 Å². The molecule has 0 aromatic carbocycles. The molecule has 0 aromatic heterocycles. The summed E-state index contributed by atoms with van der Waals surface area (Å²) in [6, 6.07) is 0. The number of rotatable bonds is 50. The molecule has 0 aromatic rings. The molecule has 0 rings (SSSR count). The average molecular weight is 887 g/mol. The highest BCUT2D eigenvalue weighted by atomic mass is 31.2. The molecule has 3 N–H and O–H groups in total. The highest BCUT2D eigenvalue weighted by Gasteiger charge is 2.26. The first-order valence-corrected chi connectivity index (χ1v) is 27.3. The van der Waals surface area contributed by atoms with Crippen molar-refractivity contribution in [3.63, 3.8) is 0 Å². The van der Waals surface area contributed by atoms with Gasteiger partial charge in [0.05, 0.1) is 26.4 Å². The predicted octanol–water partition coefficient (Wildman–Crippen LogP) is 15.0. The third kappa shape index (κ3) is 48.2. The number of hydrogen-bond acceptors (Lipinski definition) is 8. The van der Waals surface area contributed by atoms with Crippen LogP contribution in [0.4, 0.5) is 0 Å². The van der Waals surface area contributed by atoms with Crippen LogP contribution in [0.15, 0.2) is 24.3 Å². The molecule has 61 heavy (non-hydrogen) atoms. The SMILES string of the molecule is CCCCCC/C=C\C/C=C\CCCCCCCCCC(=O)OC(COCCCCCCCCCCCCCCCCCCCCCCCC)COP(=O)(O)OCC(O)CO. The monoisotopic (exact) mass is 887 g/mol. The van der Waals surface area contributed by atoms with Gasteiger partial charge in [-0.05, 0) is 44.9 Å². The van der Waals surface area contributed by atoms with Crippen LogP contribution in [0.3, 0.4) is 0 Å². The summed E-state index contributed by atoms with van der Waals surface area (Å²) in [5.41, 5.74) is 0. The van der Waals surface area contributed by atoms with E-state index >= 15 is 0 Å². The number of ether oxygens (including phenoxy) is 2. The topological polar surface area (TPSA) is 132 Å². The zero-order valence-electron chi connectivity index (χ0n) is 39.9. The molecule has 0 aliphatic carbocycles. The van der Waals surface area contributed by atoms with Crippen LogP contribution in [-0.4, -0.2) is 66.3 Å². The van der Waals surface area contributed by atoms with E-state index in [4.69, 9.17) is 23.6 Å². The number of phosphoric ester groups is 1. The van der Waals surface area contributed by atoms with Crippen molar-refractivity contribution in [1.82, 2.24) is 0 Å². The average Bonchev–Trinajstić information content (AvgIpc) is 3.25. The number of aliphatic hydroxyl groups is 2. The molecular formula is C51H99O9P. The van der Waals surface area contributed by atoms with Crippen molar-refractivity contribution in [1.29, 1.82) is 0 Å². The van der Waals surface area contributed by atoms with Gasteiger partial charge in [0.15, 0.2) is 0 Å². The van der Waals surface area contributed by atoms with Crippen molar-refractivity contribution in [3.8, 4) is 0 Å². The Kier molecular flexibility index (Phi) is 47.6. The Balaban J connectivity index is 4.04. The number of unbranched alkanes of at least 4 members (excludes halogenated alkanes) is 32. The molecule has 0 spiro atoms. The van der Waals surface area contributed by atoms with Crippen molar-refractivity contribution >= 4 is 13.8 Å². The molecular weight excluding hydrogens is 788 g/mol. The fourth-order valence-electron chi connectivity index (χ4n) is 7.45. The number of esters is 1. The van der Waals surface area contributed by atoms with Crippen LogP contribution in [-0.2, 0) is 27.9 Å². The Hall–Kier alpha value is -1.06. The molecule has 362 valence electrons. The van der Waals surface area contributed by atoms with Gasteiger partial charge >= 0.3 is 13.8 Å². The van der Waals surface area contributed by atoms with Crippen molar-refractivity contribution in [3.05, 3.63) is 24.3 Å². The van der Waals surface area contributed by atoms with Crippen molar-refractivity contribution in [2.45, 2.75) is 264 Å². The predicted molar refractivity (Wildman–Crippen MR) is 256 cm³/mol. The van der Waals surface area contributed by atoms with E-state index < -0.39 is 33.2 Å². The van der Waals surface area contributed by atoms with E-state index in [0.717, 1.165) is 51.4 Å². The summed E-state index contributed by atoms with van der Waals surface area (Å²) in [6.07, 6.45) is 52.9. The Morgan fingerprint density at radius 2 is 0.885 bits per heavy atom. The van der Waals surface area contributed by atoms with Gasteiger partial charge in [-0.1, -0.05) is 224 Å². The summed E-state index contributed by atoms with van der Waals surface area (Å²) < 4.78 is 33.5. The zero-order chi connectivity index (χ0) is 44.6. The maximum Gasteiger partial charge on any atom is 0.472 e. The molecule has 9 nitrogen and oxygen atoms in total. The summed E-state index contributed by atoms with van der Waals surface area (Å²) in [5.74, 6) is -0.385. The first kappa shape index (κ1) is 59.9. The second-order valence-electron chi connectivity index (χ2n) is 17.5. The Labute approximate surface area is 376 Å². The van der Waals surface area contributed by atoms with Gasteiger partial charge in [-0.2, -0.15) is 0 Å². The van der Waals surface area contributed by atoms with E-state index in [1.165, 1.54) is 180 Å². The number of phosphoric acid groups is 1. The molecule has 0 fully saturated rings. The summed E-state index contributed by atoms with van der Waals surface area (Å²) in [4.78, 5) is 22.7. The van der Waals surface area contributed by atoms with Crippen LogP contribution >= 0.6 is 7.82 Å². The van der Waals surface area contributed by atoms with E-state index in [2.05, 4.69) is 38.2 Å². The van der Waals surface area contributed by atoms with Gasteiger partial charge < -0.3 is 24.6 Å². The summed E-state index contributed by atoms with van der Waals surface area (Å²) >= 11 is 0. The van der Waals surface area contributed by atoms with Crippen LogP contribution < -0.4 is 0 Å². The Bertz CT molecular complexity index is 1010. The van der Waals surface area contributed by atoms with Crippen LogP contribution in [0.5, 0.6) is 0 Å². The van der Waals surface area contributed by atoms with Crippen molar-refractivity contribution in [2.75, 3.05) is 33.0 Å². The fourth-order valence-corrected chi connectivity index (χ4v) is 8.24. The quantitative estimate of drug-likeness (QED) is 0.0236. The highest BCUT2D eigenvalue weighted by molar-refractivity contribution is 7.47. The number of carbonyl (C=O) groups is 1. The lowest BCUT2D eigenvalue weighted by atomic mass is 10.0. The maximum atomic E-state index is 12.7. The summed E-state index contributed by atoms with van der Waals surface area (Å²) in [7, 11) is -4.52. The van der Waals surface area contributed by atoms with Gasteiger partial charge in [0.25, 0.3) is 0 Å². The minimum Gasteiger partial charge on any atom is -0.457 e. The first-order valence-electron chi connectivity index (χ1n) is 25.8. The van der Waals surface area contributed by atoms with E-state index in [-0.39, 0.29) is 25.6 Å². The third-order valence-electron chi connectivity index (χ3n) is 11.4. The number of carbonyl (C=O) groups excluding carboxylic acids is 1. The summed E-state index contributed by atoms with van der Waals surface area (Å²) in [6.45, 7) is 3.55. The molecule has 0 saturated heterocycles. The summed E-state index contributed by atoms with van der Waals surface area (Å²) in [5, 5.41) is 18.4. The number of aliphatic hydroxyl groups excluding tert-OH is 2. The van der Waals surface area contributed by atoms with Gasteiger partial charge in [0.1, 0.15) is 12.2 Å². The molecule has 3 unspecified atom stereocenters. The molecule has 0 aliphatic rings. The van der Waals surface area contributed by atoms with Crippen molar-refractivity contribution < 1.29 is 43.0 Å². The minimum atomic E-state index is -4.52. The minimum absolute atomic E-state index is 0.0509. The van der Waals surface area contributed by atoms with Crippen LogP contribution in [0.1, 0.15) is 251 Å². The van der Waals surface area contributed by atoms with E-state index in [1.54, 1.807) is 0 Å². The lowest BCUT2D eigenvalue weighted by molar-refractivity contribution is -0.154. The molecule has 3 atom stereocenters. The molecule has 10 heteroatoms. The standard InChI is InChI=1S/C51H99O9P/c1-3-5-7-9-11-13-15-17-19-21-23-24-25-26-28-30-32-34-36-38-40-42-44-57-47-50(48-59-61(55,56)58-46-49(53)45-52)60-51(54)43-41-39-37-35-33-31-29-27-22-20-18-16-14-12-10-8-6-4-2/h14,16,20,22,49-50,52-53H,3-13,15,17-19,21,23-48H2,1-2H3,(H,55,56)/b16-14-,22-20-. The number of allylic oxidation sites excluding steroid dienone is 4. The zero-order valence-corrected chi connectivity index (χ0v) is 40.8. The molecule has 0 amide bonds. The second-order valence-corrected chi connectivity index (χ2v) is 19.0. The van der Waals surface area contributed by atoms with Crippen LogP contribution in [0.2, 0.25) is 0 Å². The fraction of sp³-hybridized carbons (Fsp3) is 0.902. The largest absolute Gasteiger partial charge is 0.472 e. The Morgan fingerprint density at radius 3 is 1.33 bits per heavy atom. The molecule has 0 bridgehead atoms. The van der Waals surface area contributed by atoms with E-state index in [1.807, 2.05) is 0 Å². The van der Waals surface area contributed by atoms with Crippen LogP contribution in [0, 0.1) is 0 Å². The lowest BCUT2D eigenvalue weighted by Crippen LogP contribution is -2.29. The molecule has 0 heterocycles. The van der Waals surface area contributed by atoms with E-state index in [9.17, 15) is 19.4 Å². The molecule has 0 radical (unpaired) electrons. The van der Waals surface area contributed by atoms with Gasteiger partial charge in [0.2, 0.25) is 0 Å². The van der Waals surface area contributed by atoms with Gasteiger partial charge in [-0.3, -0.25) is 13.8 Å². The van der Waals surface area contributed by atoms with Gasteiger partial charge in [0, 0.05) is 13.0 Å².